The molecule has 7 heteroatoms. The first-order valence-corrected chi connectivity index (χ1v) is 9.28. The van der Waals surface area contributed by atoms with Crippen molar-refractivity contribution in [3.05, 3.63) is 11.9 Å². The Morgan fingerprint density at radius 1 is 1.57 bits per heavy atom. The summed E-state index contributed by atoms with van der Waals surface area (Å²) in [7, 11) is 0.691. The van der Waals surface area contributed by atoms with Gasteiger partial charge in [-0.05, 0) is 31.7 Å². The van der Waals surface area contributed by atoms with E-state index in [1.54, 1.807) is 13.3 Å². The van der Waals surface area contributed by atoms with Crippen LogP contribution in [-0.4, -0.2) is 43.4 Å². The molecule has 0 spiro atoms. The summed E-state index contributed by atoms with van der Waals surface area (Å²) in [5.41, 5.74) is 0.996. The number of methoxy groups -OCH3 is 1. The molecule has 120 valence electrons. The summed E-state index contributed by atoms with van der Waals surface area (Å²) in [4.78, 5) is 0. The second-order valence-corrected chi connectivity index (χ2v) is 7.96. The first-order chi connectivity index (χ1) is 9.96. The molecular formula is C14H25N3O3S. The first-order valence-electron chi connectivity index (χ1n) is 7.46. The van der Waals surface area contributed by atoms with Crippen LogP contribution in [0.25, 0.3) is 0 Å². The number of rotatable bonds is 7. The number of ether oxygens (including phenoxy) is 1. The molecule has 1 N–H and O–H groups in total. The predicted molar refractivity (Wildman–Crippen MR) is 82.2 cm³/mol. The Hall–Kier alpha value is -1.08. The van der Waals surface area contributed by atoms with Crippen molar-refractivity contribution in [2.75, 3.05) is 25.2 Å². The van der Waals surface area contributed by atoms with E-state index in [9.17, 15) is 8.42 Å². The van der Waals surface area contributed by atoms with E-state index in [1.807, 2.05) is 11.7 Å². The summed E-state index contributed by atoms with van der Waals surface area (Å²) in [6.07, 6.45) is 4.29. The molecular weight excluding hydrogens is 290 g/mol. The predicted octanol–water partition coefficient (Wildman–Crippen LogP) is 1.29. The molecule has 1 aromatic heterocycles. The Labute approximate surface area is 126 Å². The molecule has 1 aromatic rings. The van der Waals surface area contributed by atoms with Gasteiger partial charge in [0.2, 0.25) is 0 Å². The van der Waals surface area contributed by atoms with Crippen molar-refractivity contribution in [2.24, 2.45) is 13.0 Å². The molecule has 1 aliphatic rings. The van der Waals surface area contributed by atoms with Crippen molar-refractivity contribution >= 4 is 9.84 Å². The highest BCUT2D eigenvalue weighted by atomic mass is 32.2. The van der Waals surface area contributed by atoms with Crippen LogP contribution < -0.4 is 10.1 Å². The van der Waals surface area contributed by atoms with Gasteiger partial charge in [-0.1, -0.05) is 6.92 Å². The van der Waals surface area contributed by atoms with Crippen molar-refractivity contribution in [1.29, 1.82) is 0 Å². The molecule has 0 aliphatic carbocycles. The van der Waals surface area contributed by atoms with Gasteiger partial charge in [0.05, 0.1) is 36.5 Å². The minimum Gasteiger partial charge on any atom is -0.493 e. The third-order valence-corrected chi connectivity index (χ3v) is 5.87. The van der Waals surface area contributed by atoms with E-state index in [1.165, 1.54) is 0 Å². The first kappa shape index (κ1) is 16.3. The molecule has 21 heavy (non-hydrogen) atoms. The Morgan fingerprint density at radius 3 is 2.90 bits per heavy atom. The van der Waals surface area contributed by atoms with E-state index in [4.69, 9.17) is 4.74 Å². The average Bonchev–Trinajstić information content (AvgIpc) is 2.97. The second-order valence-electron chi connectivity index (χ2n) is 5.73. The van der Waals surface area contributed by atoms with Crippen LogP contribution in [0.5, 0.6) is 5.75 Å². The largest absolute Gasteiger partial charge is 0.493 e. The number of hydrogen-bond donors (Lipinski definition) is 1. The number of hydrogen-bond acceptors (Lipinski definition) is 5. The van der Waals surface area contributed by atoms with Crippen molar-refractivity contribution in [3.8, 4) is 5.75 Å². The fourth-order valence-corrected chi connectivity index (χ4v) is 4.86. The summed E-state index contributed by atoms with van der Waals surface area (Å²) in [6, 6.07) is 0.0747. The number of nitrogens with one attached hydrogen (secondary N) is 1. The number of aromatic nitrogens is 2. The Bertz CT molecular complexity index is 568. The lowest BCUT2D eigenvalue weighted by molar-refractivity contribution is 0.365. The molecule has 2 heterocycles. The Kier molecular flexibility index (Phi) is 5.27. The molecule has 1 aliphatic heterocycles. The smallest absolute Gasteiger partial charge is 0.161 e. The molecule has 1 fully saturated rings. The van der Waals surface area contributed by atoms with Crippen LogP contribution >= 0.6 is 0 Å². The minimum atomic E-state index is -2.84. The van der Waals surface area contributed by atoms with Gasteiger partial charge in [0, 0.05) is 7.05 Å². The Morgan fingerprint density at radius 2 is 2.33 bits per heavy atom. The van der Waals surface area contributed by atoms with Gasteiger partial charge in [-0.2, -0.15) is 5.10 Å². The van der Waals surface area contributed by atoms with Gasteiger partial charge in [0.1, 0.15) is 0 Å². The monoisotopic (exact) mass is 315 g/mol. The minimum absolute atomic E-state index is 0.0747. The van der Waals surface area contributed by atoms with Crippen molar-refractivity contribution in [2.45, 2.75) is 32.2 Å². The summed E-state index contributed by atoms with van der Waals surface area (Å²) in [5, 5.41) is 7.76. The lowest BCUT2D eigenvalue weighted by Crippen LogP contribution is -2.27. The number of aryl methyl sites for hydroxylation is 1. The lowest BCUT2D eigenvalue weighted by Gasteiger charge is -2.22. The normalized spacial score (nSPS) is 22.3. The van der Waals surface area contributed by atoms with Gasteiger partial charge in [0.25, 0.3) is 0 Å². The molecule has 0 saturated carbocycles. The zero-order chi connectivity index (χ0) is 15.5. The zero-order valence-corrected chi connectivity index (χ0v) is 13.8. The maximum atomic E-state index is 11.7. The van der Waals surface area contributed by atoms with E-state index in [0.717, 1.165) is 37.3 Å². The molecule has 0 aromatic carbocycles. The molecule has 2 atom stereocenters. The van der Waals surface area contributed by atoms with Crippen LogP contribution in [0.4, 0.5) is 0 Å². The van der Waals surface area contributed by atoms with Gasteiger partial charge in [-0.15, -0.1) is 0 Å². The van der Waals surface area contributed by atoms with Crippen molar-refractivity contribution in [1.82, 2.24) is 15.1 Å². The molecule has 2 rings (SSSR count). The van der Waals surface area contributed by atoms with Crippen LogP contribution in [0, 0.1) is 5.92 Å². The lowest BCUT2D eigenvalue weighted by atomic mass is 9.96. The molecule has 0 radical (unpaired) electrons. The van der Waals surface area contributed by atoms with Gasteiger partial charge in [0.15, 0.2) is 15.6 Å². The Balaban J connectivity index is 2.16. The topological polar surface area (TPSA) is 73.2 Å². The van der Waals surface area contributed by atoms with E-state index >= 15 is 0 Å². The fourth-order valence-electron chi connectivity index (χ4n) is 2.98. The van der Waals surface area contributed by atoms with E-state index in [-0.39, 0.29) is 12.0 Å². The summed E-state index contributed by atoms with van der Waals surface area (Å²) >= 11 is 0. The SMILES string of the molecule is CCCNC(CC1CCS(=O)(=O)C1)c1c(OC)cnn1C. The summed E-state index contributed by atoms with van der Waals surface area (Å²) in [5.74, 6) is 1.59. The quantitative estimate of drug-likeness (QED) is 0.821. The van der Waals surface area contributed by atoms with Gasteiger partial charge in [-0.25, -0.2) is 8.42 Å². The van der Waals surface area contributed by atoms with E-state index in [2.05, 4.69) is 17.3 Å². The van der Waals surface area contributed by atoms with E-state index in [0.29, 0.717) is 11.5 Å². The molecule has 0 bridgehead atoms. The molecule has 2 unspecified atom stereocenters. The average molecular weight is 315 g/mol. The highest BCUT2D eigenvalue weighted by Crippen LogP contribution is 2.32. The van der Waals surface area contributed by atoms with Crippen molar-refractivity contribution < 1.29 is 13.2 Å². The summed E-state index contributed by atoms with van der Waals surface area (Å²) < 4.78 is 30.5. The second kappa shape index (κ2) is 6.79. The molecule has 6 nitrogen and oxygen atoms in total. The van der Waals surface area contributed by atoms with Crippen LogP contribution in [0.1, 0.15) is 37.9 Å². The standard InChI is InChI=1S/C14H25N3O3S/c1-4-6-15-12(8-11-5-7-21(18,19)10-11)14-13(20-3)9-16-17(14)2/h9,11-12,15H,4-8,10H2,1-3H3. The van der Waals surface area contributed by atoms with Crippen LogP contribution in [-0.2, 0) is 16.9 Å². The molecule has 0 amide bonds. The third kappa shape index (κ3) is 3.97. The van der Waals surface area contributed by atoms with Gasteiger partial charge < -0.3 is 10.1 Å². The maximum Gasteiger partial charge on any atom is 0.161 e. The van der Waals surface area contributed by atoms with Crippen LogP contribution in [0.3, 0.4) is 0 Å². The zero-order valence-electron chi connectivity index (χ0n) is 13.0. The molecule has 1 saturated heterocycles. The van der Waals surface area contributed by atoms with Crippen LogP contribution in [0.15, 0.2) is 6.20 Å². The van der Waals surface area contributed by atoms with E-state index < -0.39 is 9.84 Å². The van der Waals surface area contributed by atoms with Crippen molar-refractivity contribution in [3.63, 3.8) is 0 Å². The van der Waals surface area contributed by atoms with Gasteiger partial charge >= 0.3 is 0 Å². The van der Waals surface area contributed by atoms with Crippen LogP contribution in [0.2, 0.25) is 0 Å². The maximum absolute atomic E-state index is 11.7. The fraction of sp³-hybridized carbons (Fsp3) is 0.786. The highest BCUT2D eigenvalue weighted by Gasteiger charge is 2.31. The summed E-state index contributed by atoms with van der Waals surface area (Å²) in [6.45, 7) is 3.00. The number of sulfone groups is 1. The highest BCUT2D eigenvalue weighted by molar-refractivity contribution is 7.91. The number of nitrogens with zero attached hydrogens (tertiary/aromatic N) is 2. The third-order valence-electron chi connectivity index (χ3n) is 4.04. The van der Waals surface area contributed by atoms with Gasteiger partial charge in [-0.3, -0.25) is 4.68 Å².